The standard InChI is InChI=1S/C12H20N2O2S/c1-3-5-6-7-13-8-11-14-10(9-17-11)12(15)16-4-2/h9,13H,3-8H2,1-2H3. The van der Waals surface area contributed by atoms with Crippen molar-refractivity contribution in [3.05, 3.63) is 16.1 Å². The number of carbonyl (C=O) groups is 1. The highest BCUT2D eigenvalue weighted by Crippen LogP contribution is 2.10. The highest BCUT2D eigenvalue weighted by atomic mass is 32.1. The van der Waals surface area contributed by atoms with Crippen LogP contribution in [0.15, 0.2) is 5.38 Å². The van der Waals surface area contributed by atoms with Gasteiger partial charge in [0, 0.05) is 11.9 Å². The van der Waals surface area contributed by atoms with Gasteiger partial charge >= 0.3 is 5.97 Å². The minimum atomic E-state index is -0.332. The Labute approximate surface area is 106 Å². The van der Waals surface area contributed by atoms with Crippen LogP contribution in [0.1, 0.15) is 48.6 Å². The molecule has 0 atom stereocenters. The first-order valence-corrected chi connectivity index (χ1v) is 6.98. The molecule has 1 aromatic heterocycles. The smallest absolute Gasteiger partial charge is 0.357 e. The van der Waals surface area contributed by atoms with Gasteiger partial charge in [-0.05, 0) is 19.9 Å². The lowest BCUT2D eigenvalue weighted by Gasteiger charge is -2.00. The maximum absolute atomic E-state index is 11.4. The Kier molecular flexibility index (Phi) is 6.81. The van der Waals surface area contributed by atoms with E-state index in [4.69, 9.17) is 4.74 Å². The van der Waals surface area contributed by atoms with Crippen LogP contribution in [0.3, 0.4) is 0 Å². The average Bonchev–Trinajstić information content (AvgIpc) is 2.78. The summed E-state index contributed by atoms with van der Waals surface area (Å²) < 4.78 is 4.88. The highest BCUT2D eigenvalue weighted by molar-refractivity contribution is 7.09. The summed E-state index contributed by atoms with van der Waals surface area (Å²) in [4.78, 5) is 15.6. The fraction of sp³-hybridized carbons (Fsp3) is 0.667. The van der Waals surface area contributed by atoms with Crippen LogP contribution in [-0.4, -0.2) is 24.1 Å². The van der Waals surface area contributed by atoms with Crippen molar-refractivity contribution < 1.29 is 9.53 Å². The van der Waals surface area contributed by atoms with Crippen LogP contribution in [0.25, 0.3) is 0 Å². The molecule has 1 heterocycles. The predicted octanol–water partition coefficient (Wildman–Crippen LogP) is 2.60. The summed E-state index contributed by atoms with van der Waals surface area (Å²) >= 11 is 1.49. The normalized spacial score (nSPS) is 10.5. The van der Waals surface area contributed by atoms with Crippen LogP contribution in [0, 0.1) is 0 Å². The third kappa shape index (κ3) is 5.28. The summed E-state index contributed by atoms with van der Waals surface area (Å²) in [5.74, 6) is -0.332. The van der Waals surface area contributed by atoms with Gasteiger partial charge in [0.25, 0.3) is 0 Å². The van der Waals surface area contributed by atoms with Crippen molar-refractivity contribution in [2.75, 3.05) is 13.2 Å². The molecule has 5 heteroatoms. The lowest BCUT2D eigenvalue weighted by molar-refractivity contribution is 0.0520. The molecule has 0 bridgehead atoms. The SMILES string of the molecule is CCCCCNCc1nc(C(=O)OCC)cs1. The summed E-state index contributed by atoms with van der Waals surface area (Å²) in [5, 5.41) is 6.00. The molecule has 0 saturated carbocycles. The lowest BCUT2D eigenvalue weighted by Crippen LogP contribution is -2.14. The number of esters is 1. The first-order valence-electron chi connectivity index (χ1n) is 6.10. The predicted molar refractivity (Wildman–Crippen MR) is 69.3 cm³/mol. The Morgan fingerprint density at radius 2 is 2.29 bits per heavy atom. The van der Waals surface area contributed by atoms with Crippen molar-refractivity contribution in [1.82, 2.24) is 10.3 Å². The van der Waals surface area contributed by atoms with Crippen LogP contribution in [-0.2, 0) is 11.3 Å². The van der Waals surface area contributed by atoms with E-state index < -0.39 is 0 Å². The van der Waals surface area contributed by atoms with E-state index >= 15 is 0 Å². The third-order valence-corrected chi connectivity index (χ3v) is 3.12. The second-order valence-corrected chi connectivity index (χ2v) is 4.67. The van der Waals surface area contributed by atoms with Gasteiger partial charge in [0.05, 0.1) is 6.61 Å². The number of thiazole rings is 1. The van der Waals surface area contributed by atoms with E-state index in [9.17, 15) is 4.79 Å². The van der Waals surface area contributed by atoms with E-state index in [0.29, 0.717) is 12.3 Å². The average molecular weight is 256 g/mol. The molecule has 0 saturated heterocycles. The van der Waals surface area contributed by atoms with Crippen molar-refractivity contribution in [1.29, 1.82) is 0 Å². The molecule has 0 amide bonds. The Morgan fingerprint density at radius 1 is 1.47 bits per heavy atom. The zero-order chi connectivity index (χ0) is 12.5. The first-order chi connectivity index (χ1) is 8.27. The number of nitrogens with zero attached hydrogens (tertiary/aromatic N) is 1. The number of ether oxygens (including phenoxy) is 1. The summed E-state index contributed by atoms with van der Waals surface area (Å²) in [6.45, 7) is 6.10. The quantitative estimate of drug-likeness (QED) is 0.574. The molecule has 0 aliphatic heterocycles. The van der Waals surface area contributed by atoms with Crippen LogP contribution in [0.2, 0.25) is 0 Å². The molecule has 1 rings (SSSR count). The zero-order valence-corrected chi connectivity index (χ0v) is 11.3. The van der Waals surface area contributed by atoms with Crippen molar-refractivity contribution in [2.24, 2.45) is 0 Å². The fourth-order valence-corrected chi connectivity index (χ4v) is 2.12. The highest BCUT2D eigenvalue weighted by Gasteiger charge is 2.10. The minimum absolute atomic E-state index is 0.332. The third-order valence-electron chi connectivity index (χ3n) is 2.27. The van der Waals surface area contributed by atoms with Gasteiger partial charge in [0.2, 0.25) is 0 Å². The van der Waals surface area contributed by atoms with Gasteiger partial charge in [-0.15, -0.1) is 11.3 Å². The molecule has 0 aliphatic carbocycles. The number of rotatable bonds is 8. The van der Waals surface area contributed by atoms with E-state index in [-0.39, 0.29) is 5.97 Å². The molecule has 0 spiro atoms. The van der Waals surface area contributed by atoms with Gasteiger partial charge in [0.1, 0.15) is 5.01 Å². The van der Waals surface area contributed by atoms with Crippen molar-refractivity contribution in [3.8, 4) is 0 Å². The maximum atomic E-state index is 11.4. The van der Waals surface area contributed by atoms with Crippen LogP contribution >= 0.6 is 11.3 Å². The maximum Gasteiger partial charge on any atom is 0.357 e. The fourth-order valence-electron chi connectivity index (χ4n) is 1.39. The molecule has 0 unspecified atom stereocenters. The summed E-state index contributed by atoms with van der Waals surface area (Å²) in [6.07, 6.45) is 3.66. The molecule has 0 radical (unpaired) electrons. The molecular formula is C12H20N2O2S. The van der Waals surface area contributed by atoms with E-state index in [1.165, 1.54) is 30.6 Å². The molecule has 0 aromatic carbocycles. The topological polar surface area (TPSA) is 51.2 Å². The number of nitrogens with one attached hydrogen (secondary N) is 1. The Bertz CT molecular complexity index is 339. The van der Waals surface area contributed by atoms with Crippen LogP contribution in [0.5, 0.6) is 0 Å². The molecule has 4 nitrogen and oxygen atoms in total. The number of hydrogen-bond donors (Lipinski definition) is 1. The number of hydrogen-bond acceptors (Lipinski definition) is 5. The molecule has 1 N–H and O–H groups in total. The van der Waals surface area contributed by atoms with Crippen molar-refractivity contribution >= 4 is 17.3 Å². The zero-order valence-electron chi connectivity index (χ0n) is 10.5. The van der Waals surface area contributed by atoms with E-state index in [2.05, 4.69) is 17.2 Å². The number of carbonyl (C=O) groups excluding carboxylic acids is 1. The van der Waals surface area contributed by atoms with Gasteiger partial charge in [-0.2, -0.15) is 0 Å². The lowest BCUT2D eigenvalue weighted by atomic mass is 10.2. The molecule has 96 valence electrons. The van der Waals surface area contributed by atoms with E-state index in [1.54, 1.807) is 12.3 Å². The molecule has 17 heavy (non-hydrogen) atoms. The summed E-state index contributed by atoms with van der Waals surface area (Å²) in [5.41, 5.74) is 0.419. The number of aromatic nitrogens is 1. The minimum Gasteiger partial charge on any atom is -0.461 e. The van der Waals surface area contributed by atoms with Crippen LogP contribution < -0.4 is 5.32 Å². The van der Waals surface area contributed by atoms with Crippen molar-refractivity contribution in [2.45, 2.75) is 39.7 Å². The Hall–Kier alpha value is -0.940. The van der Waals surface area contributed by atoms with Gasteiger partial charge in [-0.25, -0.2) is 9.78 Å². The monoisotopic (exact) mass is 256 g/mol. The second-order valence-electron chi connectivity index (χ2n) is 3.73. The van der Waals surface area contributed by atoms with Gasteiger partial charge in [-0.3, -0.25) is 0 Å². The summed E-state index contributed by atoms with van der Waals surface area (Å²) in [7, 11) is 0. The largest absolute Gasteiger partial charge is 0.461 e. The first kappa shape index (κ1) is 14.1. The second kappa shape index (κ2) is 8.20. The van der Waals surface area contributed by atoms with E-state index in [0.717, 1.165) is 18.1 Å². The molecule has 0 aliphatic rings. The van der Waals surface area contributed by atoms with Gasteiger partial charge in [-0.1, -0.05) is 19.8 Å². The van der Waals surface area contributed by atoms with Gasteiger partial charge in [0.15, 0.2) is 5.69 Å². The molecule has 0 fully saturated rings. The summed E-state index contributed by atoms with van der Waals surface area (Å²) in [6, 6.07) is 0. The number of unbranched alkanes of at least 4 members (excludes halogenated alkanes) is 2. The van der Waals surface area contributed by atoms with Crippen molar-refractivity contribution in [3.63, 3.8) is 0 Å². The Balaban J connectivity index is 2.28. The molecule has 1 aromatic rings. The molecular weight excluding hydrogens is 236 g/mol. The van der Waals surface area contributed by atoms with Gasteiger partial charge < -0.3 is 10.1 Å². The van der Waals surface area contributed by atoms with Crippen LogP contribution in [0.4, 0.5) is 0 Å². The van der Waals surface area contributed by atoms with E-state index in [1.807, 2.05) is 0 Å². The Morgan fingerprint density at radius 3 is 3.00 bits per heavy atom.